The minimum Gasteiger partial charge on any atom is -0.389 e. The number of aliphatic hydroxyl groups is 1. The normalized spacial score (nSPS) is 13.1. The lowest BCUT2D eigenvalue weighted by Crippen LogP contribution is -2.30. The molecular weight excluding hydrogens is 244 g/mol. The Labute approximate surface area is 115 Å². The third-order valence-electron chi connectivity index (χ3n) is 2.85. The van der Waals surface area contributed by atoms with E-state index in [1.54, 1.807) is 6.33 Å². The summed E-state index contributed by atoms with van der Waals surface area (Å²) >= 11 is 0. The van der Waals surface area contributed by atoms with Gasteiger partial charge in [-0.1, -0.05) is 13.8 Å². The van der Waals surface area contributed by atoms with Crippen LogP contribution in [0.1, 0.15) is 32.5 Å². The van der Waals surface area contributed by atoms with Gasteiger partial charge in [-0.05, 0) is 18.8 Å². The van der Waals surface area contributed by atoms with Gasteiger partial charge in [0, 0.05) is 20.2 Å². The maximum absolute atomic E-state index is 9.73. The van der Waals surface area contributed by atoms with Crippen LogP contribution in [0.5, 0.6) is 0 Å². The Bertz CT molecular complexity index is 341. The van der Waals surface area contributed by atoms with Gasteiger partial charge in [-0.25, -0.2) is 0 Å². The van der Waals surface area contributed by atoms with Gasteiger partial charge < -0.3 is 19.7 Å². The highest BCUT2D eigenvalue weighted by atomic mass is 16.5. The van der Waals surface area contributed by atoms with E-state index in [1.165, 1.54) is 6.42 Å². The van der Waals surface area contributed by atoms with E-state index in [2.05, 4.69) is 29.4 Å². The van der Waals surface area contributed by atoms with Crippen LogP contribution in [0.25, 0.3) is 0 Å². The molecule has 1 unspecified atom stereocenters. The fourth-order valence-electron chi connectivity index (χ4n) is 1.69. The van der Waals surface area contributed by atoms with Gasteiger partial charge in [-0.15, -0.1) is 10.2 Å². The summed E-state index contributed by atoms with van der Waals surface area (Å²) in [7, 11) is 1.89. The number of hydrogen-bond donors (Lipinski definition) is 2. The number of nitrogens with zero attached hydrogens (tertiary/aromatic N) is 3. The molecule has 0 saturated heterocycles. The lowest BCUT2D eigenvalue weighted by Gasteiger charge is -2.12. The smallest absolute Gasteiger partial charge is 0.146 e. The van der Waals surface area contributed by atoms with Gasteiger partial charge >= 0.3 is 0 Å². The summed E-state index contributed by atoms with van der Waals surface area (Å²) in [6.07, 6.45) is 3.40. The van der Waals surface area contributed by atoms with Crippen LogP contribution in [-0.4, -0.2) is 45.7 Å². The molecule has 6 heteroatoms. The highest BCUT2D eigenvalue weighted by molar-refractivity contribution is 4.83. The van der Waals surface area contributed by atoms with Crippen molar-refractivity contribution >= 4 is 0 Å². The molecule has 2 N–H and O–H groups in total. The first-order valence-corrected chi connectivity index (χ1v) is 6.89. The zero-order valence-electron chi connectivity index (χ0n) is 12.2. The molecule has 0 saturated carbocycles. The van der Waals surface area contributed by atoms with Gasteiger partial charge in [0.05, 0.1) is 19.3 Å². The van der Waals surface area contributed by atoms with Crippen molar-refractivity contribution in [1.29, 1.82) is 0 Å². The first-order chi connectivity index (χ1) is 9.09. The Morgan fingerprint density at radius 2 is 2.26 bits per heavy atom. The summed E-state index contributed by atoms with van der Waals surface area (Å²) in [5, 5.41) is 20.6. The number of aromatic nitrogens is 3. The summed E-state index contributed by atoms with van der Waals surface area (Å²) < 4.78 is 7.28. The molecule has 1 rings (SSSR count). The van der Waals surface area contributed by atoms with Crippen LogP contribution in [0.15, 0.2) is 6.33 Å². The molecule has 0 aliphatic heterocycles. The monoisotopic (exact) mass is 270 g/mol. The Kier molecular flexibility index (Phi) is 7.62. The van der Waals surface area contributed by atoms with Gasteiger partial charge in [0.15, 0.2) is 0 Å². The fraction of sp³-hybridized carbons (Fsp3) is 0.846. The van der Waals surface area contributed by atoms with Gasteiger partial charge in [-0.3, -0.25) is 0 Å². The maximum Gasteiger partial charge on any atom is 0.146 e. The number of hydrogen-bond acceptors (Lipinski definition) is 5. The van der Waals surface area contributed by atoms with Gasteiger partial charge in [0.1, 0.15) is 12.2 Å². The molecule has 0 aliphatic rings. The van der Waals surface area contributed by atoms with Crippen molar-refractivity contribution in [2.45, 2.75) is 39.3 Å². The first-order valence-electron chi connectivity index (χ1n) is 6.89. The Balaban J connectivity index is 1.99. The lowest BCUT2D eigenvalue weighted by molar-refractivity contribution is 0.0345. The third kappa shape index (κ3) is 7.25. The van der Waals surface area contributed by atoms with E-state index < -0.39 is 6.10 Å². The highest BCUT2D eigenvalue weighted by Gasteiger charge is 2.05. The van der Waals surface area contributed by atoms with Crippen LogP contribution >= 0.6 is 0 Å². The number of aliphatic hydroxyl groups excluding tert-OH is 1. The number of ether oxygens (including phenoxy) is 1. The van der Waals surface area contributed by atoms with Crippen molar-refractivity contribution in [3.8, 4) is 0 Å². The molecule has 0 aliphatic carbocycles. The number of rotatable bonds is 10. The van der Waals surface area contributed by atoms with Crippen molar-refractivity contribution in [2.75, 3.05) is 19.8 Å². The van der Waals surface area contributed by atoms with Gasteiger partial charge in [0.25, 0.3) is 0 Å². The van der Waals surface area contributed by atoms with Gasteiger partial charge in [-0.2, -0.15) is 0 Å². The summed E-state index contributed by atoms with van der Waals surface area (Å²) in [4.78, 5) is 0. The highest BCUT2D eigenvalue weighted by Crippen LogP contribution is 2.03. The molecule has 0 fully saturated rings. The standard InChI is InChI=1S/C13H26N4O2/c1-11(2)5-4-6-19-9-12(18)7-14-8-13-16-15-10-17(13)3/h10-12,14,18H,4-9H2,1-3H3. The largest absolute Gasteiger partial charge is 0.389 e. The summed E-state index contributed by atoms with van der Waals surface area (Å²) in [5.74, 6) is 1.56. The zero-order chi connectivity index (χ0) is 14.1. The molecule has 1 aromatic heterocycles. The van der Waals surface area contributed by atoms with E-state index in [4.69, 9.17) is 4.74 Å². The van der Waals surface area contributed by atoms with Crippen molar-refractivity contribution in [2.24, 2.45) is 13.0 Å². The van der Waals surface area contributed by atoms with Crippen LogP contribution in [0, 0.1) is 5.92 Å². The predicted octanol–water partition coefficient (Wildman–Crippen LogP) is 0.718. The van der Waals surface area contributed by atoms with Crippen LogP contribution in [0.4, 0.5) is 0 Å². The second-order valence-electron chi connectivity index (χ2n) is 5.25. The quantitative estimate of drug-likeness (QED) is 0.613. The topological polar surface area (TPSA) is 72.2 Å². The molecule has 1 atom stereocenters. The maximum atomic E-state index is 9.73. The average molecular weight is 270 g/mol. The zero-order valence-corrected chi connectivity index (χ0v) is 12.2. The van der Waals surface area contributed by atoms with E-state index in [9.17, 15) is 5.11 Å². The van der Waals surface area contributed by atoms with Crippen LogP contribution in [0.2, 0.25) is 0 Å². The SMILES string of the molecule is CC(C)CCCOCC(O)CNCc1nncn1C. The van der Waals surface area contributed by atoms with Crippen LogP contribution in [0.3, 0.4) is 0 Å². The van der Waals surface area contributed by atoms with Crippen LogP contribution in [-0.2, 0) is 18.3 Å². The summed E-state index contributed by atoms with van der Waals surface area (Å²) in [6, 6.07) is 0. The first kappa shape index (κ1) is 16.1. The van der Waals surface area contributed by atoms with Gasteiger partial charge in [0.2, 0.25) is 0 Å². The Hall–Kier alpha value is -0.980. The molecule has 0 bridgehead atoms. The summed E-state index contributed by atoms with van der Waals surface area (Å²) in [5.41, 5.74) is 0. The van der Waals surface area contributed by atoms with E-state index in [0.29, 0.717) is 25.6 Å². The Morgan fingerprint density at radius 3 is 2.89 bits per heavy atom. The van der Waals surface area contributed by atoms with Crippen LogP contribution < -0.4 is 5.32 Å². The molecule has 1 aromatic rings. The molecule has 19 heavy (non-hydrogen) atoms. The van der Waals surface area contributed by atoms with Crippen molar-refractivity contribution in [3.05, 3.63) is 12.2 Å². The van der Waals surface area contributed by atoms with E-state index >= 15 is 0 Å². The van der Waals surface area contributed by atoms with E-state index in [1.807, 2.05) is 11.6 Å². The van der Waals surface area contributed by atoms with Crippen molar-refractivity contribution < 1.29 is 9.84 Å². The molecule has 110 valence electrons. The second-order valence-corrected chi connectivity index (χ2v) is 5.25. The molecule has 1 heterocycles. The molecule has 6 nitrogen and oxygen atoms in total. The van der Waals surface area contributed by atoms with E-state index in [0.717, 1.165) is 18.9 Å². The van der Waals surface area contributed by atoms with Crippen molar-refractivity contribution in [3.63, 3.8) is 0 Å². The molecule has 0 radical (unpaired) electrons. The average Bonchev–Trinajstić information content (AvgIpc) is 2.74. The fourth-order valence-corrected chi connectivity index (χ4v) is 1.69. The molecule has 0 amide bonds. The molecule has 0 aromatic carbocycles. The third-order valence-corrected chi connectivity index (χ3v) is 2.85. The number of aryl methyl sites for hydroxylation is 1. The predicted molar refractivity (Wildman–Crippen MR) is 73.6 cm³/mol. The number of nitrogens with one attached hydrogen (secondary N) is 1. The minimum absolute atomic E-state index is 0.379. The lowest BCUT2D eigenvalue weighted by atomic mass is 10.1. The molecular formula is C13H26N4O2. The summed E-state index contributed by atoms with van der Waals surface area (Å²) in [6.45, 7) is 6.59. The molecule has 0 spiro atoms. The van der Waals surface area contributed by atoms with Crippen molar-refractivity contribution in [1.82, 2.24) is 20.1 Å². The van der Waals surface area contributed by atoms with E-state index in [-0.39, 0.29) is 0 Å². The Morgan fingerprint density at radius 1 is 1.47 bits per heavy atom. The minimum atomic E-state index is -0.479. The second kappa shape index (κ2) is 9.01.